The van der Waals surface area contributed by atoms with Gasteiger partial charge >= 0.3 is 6.18 Å². The largest absolute Gasteiger partial charge is 0.451 e. The topological polar surface area (TPSA) is 68.9 Å². The molecule has 15 heavy (non-hydrogen) atoms. The average Bonchev–Trinajstić information content (AvgIpc) is 2.20. The molecule has 86 valence electrons. The summed E-state index contributed by atoms with van der Waals surface area (Å²) < 4.78 is 35.9. The maximum absolute atomic E-state index is 12.0. The van der Waals surface area contributed by atoms with Gasteiger partial charge in [0.1, 0.15) is 5.69 Å². The van der Waals surface area contributed by atoms with Gasteiger partial charge in [0.25, 0.3) is 5.91 Å². The van der Waals surface area contributed by atoms with Crippen molar-refractivity contribution in [1.29, 1.82) is 0 Å². The minimum atomic E-state index is -4.66. The number of rotatable bonds is 1. The molecule has 0 radical (unpaired) electrons. The highest BCUT2D eigenvalue weighted by Gasteiger charge is 2.34. The molecule has 1 rings (SSSR count). The Bertz CT molecular complexity index is 344. The minimum absolute atomic E-state index is 0. The molecule has 0 saturated heterocycles. The second-order valence-electron chi connectivity index (χ2n) is 2.13. The predicted octanol–water partition coefficient (Wildman–Crippen LogP) is 1.87. The van der Waals surface area contributed by atoms with Crippen LogP contribution >= 0.6 is 0 Å². The summed E-state index contributed by atoms with van der Waals surface area (Å²) in [6.07, 6.45) is -3.83. The number of primary amides is 1. The molecule has 0 spiro atoms. The molecule has 0 bridgehead atoms. The van der Waals surface area contributed by atoms with E-state index in [4.69, 9.17) is 5.73 Å². The van der Waals surface area contributed by atoms with Crippen molar-refractivity contribution in [3.63, 3.8) is 0 Å². The van der Waals surface area contributed by atoms with Gasteiger partial charge in [-0.3, -0.25) is 4.79 Å². The first-order valence-corrected chi connectivity index (χ1v) is 4.11. The van der Waals surface area contributed by atoms with Crippen LogP contribution in [0.2, 0.25) is 0 Å². The van der Waals surface area contributed by atoms with Crippen molar-refractivity contribution in [2.24, 2.45) is 5.73 Å². The Kier molecular flexibility index (Phi) is 4.69. The lowest BCUT2D eigenvalue weighted by atomic mass is 10.4. The number of aromatic nitrogens is 2. The van der Waals surface area contributed by atoms with Crippen molar-refractivity contribution in [3.05, 3.63) is 23.8 Å². The first-order valence-electron chi connectivity index (χ1n) is 4.11. The maximum atomic E-state index is 12.0. The zero-order valence-corrected chi connectivity index (χ0v) is 8.17. The van der Waals surface area contributed by atoms with Gasteiger partial charge < -0.3 is 5.73 Å². The fourth-order valence-corrected chi connectivity index (χ4v) is 0.633. The number of hydrogen-bond acceptors (Lipinski definition) is 3. The average molecular weight is 223 g/mol. The van der Waals surface area contributed by atoms with Crippen molar-refractivity contribution in [3.8, 4) is 0 Å². The van der Waals surface area contributed by atoms with Crippen LogP contribution in [-0.4, -0.2) is 15.9 Å². The van der Waals surface area contributed by atoms with E-state index < -0.39 is 23.6 Å². The van der Waals surface area contributed by atoms with Crippen LogP contribution in [-0.2, 0) is 6.18 Å². The number of carbonyl (C=O) groups excluding carboxylic acids is 1. The van der Waals surface area contributed by atoms with Crippen LogP contribution in [0.4, 0.5) is 13.2 Å². The van der Waals surface area contributed by atoms with Crippen molar-refractivity contribution >= 4 is 5.91 Å². The number of carbonyl (C=O) groups is 1. The fraction of sp³-hybridized carbons (Fsp3) is 0.375. The first-order chi connectivity index (χ1) is 6.91. The van der Waals surface area contributed by atoms with Crippen LogP contribution in [0.15, 0.2) is 12.3 Å². The van der Waals surface area contributed by atoms with Crippen molar-refractivity contribution in [2.75, 3.05) is 0 Å². The van der Waals surface area contributed by atoms with Crippen molar-refractivity contribution in [1.82, 2.24) is 9.97 Å². The molecule has 1 aromatic heterocycles. The summed E-state index contributed by atoms with van der Waals surface area (Å²) in [6, 6.07) is 1.01. The SMILES string of the molecule is CC.NC(=O)c1ccnc(C(F)(F)F)n1.[HH]. The van der Waals surface area contributed by atoms with Gasteiger partial charge in [-0.25, -0.2) is 9.97 Å². The highest BCUT2D eigenvalue weighted by Crippen LogP contribution is 2.25. The highest BCUT2D eigenvalue weighted by atomic mass is 19.4. The summed E-state index contributed by atoms with van der Waals surface area (Å²) in [5.41, 5.74) is 4.27. The molecular weight excluding hydrogens is 211 g/mol. The Morgan fingerprint density at radius 1 is 1.47 bits per heavy atom. The van der Waals surface area contributed by atoms with E-state index in [1.54, 1.807) is 0 Å². The normalized spacial score (nSPS) is 10.2. The molecule has 1 heterocycles. The van der Waals surface area contributed by atoms with Crippen LogP contribution in [0.3, 0.4) is 0 Å². The molecule has 0 aliphatic heterocycles. The lowest BCUT2D eigenvalue weighted by Gasteiger charge is -2.03. The van der Waals surface area contributed by atoms with E-state index in [-0.39, 0.29) is 1.43 Å². The third-order valence-corrected chi connectivity index (χ3v) is 1.16. The van der Waals surface area contributed by atoms with Gasteiger partial charge in [0, 0.05) is 7.62 Å². The monoisotopic (exact) mass is 223 g/mol. The zero-order chi connectivity index (χ0) is 12.1. The molecule has 0 aliphatic carbocycles. The molecule has 0 saturated carbocycles. The van der Waals surface area contributed by atoms with Gasteiger partial charge in [0.05, 0.1) is 0 Å². The molecular formula is C8H12F3N3O. The number of nitrogens with zero attached hydrogens (tertiary/aromatic N) is 2. The van der Waals surface area contributed by atoms with Gasteiger partial charge in [-0.1, -0.05) is 13.8 Å². The van der Waals surface area contributed by atoms with Gasteiger partial charge in [0.2, 0.25) is 5.82 Å². The van der Waals surface area contributed by atoms with E-state index in [1.165, 1.54) is 0 Å². The molecule has 0 unspecified atom stereocenters. The van der Waals surface area contributed by atoms with E-state index >= 15 is 0 Å². The molecule has 7 heteroatoms. The molecule has 0 atom stereocenters. The predicted molar refractivity (Wildman–Crippen MR) is 49.0 cm³/mol. The highest BCUT2D eigenvalue weighted by molar-refractivity contribution is 5.90. The number of nitrogens with two attached hydrogens (primary N) is 1. The zero-order valence-electron chi connectivity index (χ0n) is 8.17. The minimum Gasteiger partial charge on any atom is -0.364 e. The molecule has 0 aliphatic rings. The summed E-state index contributed by atoms with van der Waals surface area (Å²) in [6.45, 7) is 4.00. The Labute approximate surface area is 85.8 Å². The van der Waals surface area contributed by atoms with Crippen LogP contribution < -0.4 is 5.73 Å². The second kappa shape index (κ2) is 5.28. The molecule has 2 N–H and O–H groups in total. The van der Waals surface area contributed by atoms with Crippen LogP contribution in [0.1, 0.15) is 31.6 Å². The van der Waals surface area contributed by atoms with Gasteiger partial charge in [-0.2, -0.15) is 13.2 Å². The Hall–Kier alpha value is -1.66. The third kappa shape index (κ3) is 3.92. The van der Waals surface area contributed by atoms with Gasteiger partial charge in [-0.05, 0) is 6.07 Å². The quantitative estimate of drug-likeness (QED) is 0.790. The van der Waals surface area contributed by atoms with Crippen molar-refractivity contribution in [2.45, 2.75) is 20.0 Å². The first kappa shape index (κ1) is 13.3. The van der Waals surface area contributed by atoms with Crippen LogP contribution in [0.25, 0.3) is 0 Å². The lowest BCUT2D eigenvalue weighted by molar-refractivity contribution is -0.145. The van der Waals surface area contributed by atoms with Crippen LogP contribution in [0, 0.1) is 0 Å². The standard InChI is InChI=1S/C6H4F3N3O.C2H6.H2/c7-6(8,9)5-11-2-1-3(12-5)4(10)13;1-2;/h1-2H,(H2,10,13);1-2H3;1H. The second-order valence-corrected chi connectivity index (χ2v) is 2.13. The maximum Gasteiger partial charge on any atom is 0.451 e. The molecule has 0 fully saturated rings. The number of hydrogen-bond donors (Lipinski definition) is 1. The number of alkyl halides is 3. The number of amides is 1. The van der Waals surface area contributed by atoms with Crippen LogP contribution in [0.5, 0.6) is 0 Å². The van der Waals surface area contributed by atoms with E-state index in [2.05, 4.69) is 9.97 Å². The van der Waals surface area contributed by atoms with Gasteiger partial charge in [-0.15, -0.1) is 0 Å². The van der Waals surface area contributed by atoms with E-state index in [9.17, 15) is 18.0 Å². The molecule has 1 aromatic rings. The Morgan fingerprint density at radius 2 is 2.00 bits per heavy atom. The lowest BCUT2D eigenvalue weighted by Crippen LogP contribution is -2.18. The fourth-order valence-electron chi connectivity index (χ4n) is 0.633. The summed E-state index contributed by atoms with van der Waals surface area (Å²) in [7, 11) is 0. The number of halogens is 3. The molecule has 1 amide bonds. The van der Waals surface area contributed by atoms with E-state index in [0.29, 0.717) is 0 Å². The third-order valence-electron chi connectivity index (χ3n) is 1.16. The Balaban J connectivity index is 0. The summed E-state index contributed by atoms with van der Waals surface area (Å²) in [4.78, 5) is 16.3. The summed E-state index contributed by atoms with van der Waals surface area (Å²) in [5, 5.41) is 0. The smallest absolute Gasteiger partial charge is 0.364 e. The van der Waals surface area contributed by atoms with E-state index in [0.717, 1.165) is 12.3 Å². The summed E-state index contributed by atoms with van der Waals surface area (Å²) >= 11 is 0. The molecule has 0 aromatic carbocycles. The van der Waals surface area contributed by atoms with E-state index in [1.807, 2.05) is 13.8 Å². The van der Waals surface area contributed by atoms with Gasteiger partial charge in [0.15, 0.2) is 0 Å². The van der Waals surface area contributed by atoms with Crippen molar-refractivity contribution < 1.29 is 19.4 Å². The Morgan fingerprint density at radius 3 is 2.40 bits per heavy atom. The molecule has 4 nitrogen and oxygen atoms in total. The summed E-state index contributed by atoms with van der Waals surface area (Å²) in [5.74, 6) is -2.39.